The van der Waals surface area contributed by atoms with E-state index in [9.17, 15) is 8.42 Å². The standard InChI is InChI=1S/C14H18N2O3S/c1-10-7-12(20(16,17)18)8-11(2)13(10)19-9-14(3-4-14)5-6-15/h7-8H,3-5,9H2,1-2H3,(H2,16,17,18). The lowest BCUT2D eigenvalue weighted by Crippen LogP contribution is -2.15. The second-order valence-electron chi connectivity index (χ2n) is 5.55. The minimum atomic E-state index is -3.70. The predicted octanol–water partition coefficient (Wildman–Crippen LogP) is 2.02. The van der Waals surface area contributed by atoms with E-state index in [1.165, 1.54) is 12.1 Å². The number of nitriles is 1. The van der Waals surface area contributed by atoms with Gasteiger partial charge in [-0.25, -0.2) is 13.6 Å². The van der Waals surface area contributed by atoms with Crippen molar-refractivity contribution in [1.29, 1.82) is 5.26 Å². The molecule has 0 radical (unpaired) electrons. The Kier molecular flexibility index (Phi) is 3.76. The Morgan fingerprint density at radius 2 is 1.90 bits per heavy atom. The second-order valence-corrected chi connectivity index (χ2v) is 7.12. The van der Waals surface area contributed by atoms with E-state index in [0.717, 1.165) is 24.0 Å². The van der Waals surface area contributed by atoms with E-state index >= 15 is 0 Å². The number of sulfonamides is 1. The summed E-state index contributed by atoms with van der Waals surface area (Å²) in [4.78, 5) is 0.0954. The number of hydrogen-bond donors (Lipinski definition) is 1. The van der Waals surface area contributed by atoms with E-state index in [-0.39, 0.29) is 10.3 Å². The third-order valence-corrected chi connectivity index (χ3v) is 4.59. The van der Waals surface area contributed by atoms with Crippen LogP contribution in [0, 0.1) is 30.6 Å². The van der Waals surface area contributed by atoms with Crippen LogP contribution in [0.2, 0.25) is 0 Å². The van der Waals surface area contributed by atoms with Crippen molar-refractivity contribution in [3.8, 4) is 11.8 Å². The Balaban J connectivity index is 2.20. The van der Waals surface area contributed by atoms with Gasteiger partial charge in [0, 0.05) is 11.8 Å². The SMILES string of the molecule is Cc1cc(S(N)(=O)=O)cc(C)c1OCC1(CC#N)CC1. The van der Waals surface area contributed by atoms with E-state index in [1.54, 1.807) is 13.8 Å². The fourth-order valence-corrected chi connectivity index (χ4v) is 2.93. The van der Waals surface area contributed by atoms with Gasteiger partial charge in [0.2, 0.25) is 10.0 Å². The van der Waals surface area contributed by atoms with Crippen LogP contribution in [0.4, 0.5) is 0 Å². The van der Waals surface area contributed by atoms with Gasteiger partial charge in [-0.2, -0.15) is 5.26 Å². The van der Waals surface area contributed by atoms with Crippen molar-refractivity contribution < 1.29 is 13.2 Å². The molecule has 0 unspecified atom stereocenters. The molecule has 1 aliphatic rings. The van der Waals surface area contributed by atoms with E-state index in [4.69, 9.17) is 15.1 Å². The molecule has 1 aromatic rings. The summed E-state index contributed by atoms with van der Waals surface area (Å²) in [6.07, 6.45) is 2.52. The molecule has 0 aromatic heterocycles. The molecule has 108 valence electrons. The number of rotatable bonds is 5. The minimum absolute atomic E-state index is 0.00769. The summed E-state index contributed by atoms with van der Waals surface area (Å²) in [6.45, 7) is 4.08. The average molecular weight is 294 g/mol. The molecule has 1 saturated carbocycles. The normalized spacial score (nSPS) is 16.5. The van der Waals surface area contributed by atoms with Crippen molar-refractivity contribution >= 4 is 10.0 Å². The molecule has 2 N–H and O–H groups in total. The largest absolute Gasteiger partial charge is 0.492 e. The molecule has 6 heteroatoms. The van der Waals surface area contributed by atoms with E-state index in [2.05, 4.69) is 6.07 Å². The molecule has 0 saturated heterocycles. The lowest BCUT2D eigenvalue weighted by Gasteiger charge is -2.17. The Labute approximate surface area is 119 Å². The highest BCUT2D eigenvalue weighted by molar-refractivity contribution is 7.89. The Hall–Kier alpha value is -1.58. The van der Waals surface area contributed by atoms with Crippen LogP contribution >= 0.6 is 0 Å². The smallest absolute Gasteiger partial charge is 0.238 e. The van der Waals surface area contributed by atoms with Crippen molar-refractivity contribution in [2.24, 2.45) is 10.6 Å². The molecule has 0 spiro atoms. The van der Waals surface area contributed by atoms with Gasteiger partial charge in [-0.15, -0.1) is 0 Å². The van der Waals surface area contributed by atoms with Gasteiger partial charge in [0.15, 0.2) is 0 Å². The Morgan fingerprint density at radius 3 is 2.30 bits per heavy atom. The first-order valence-corrected chi connectivity index (χ1v) is 7.96. The molecule has 0 bridgehead atoms. The number of benzene rings is 1. The summed E-state index contributed by atoms with van der Waals surface area (Å²) in [7, 11) is -3.70. The zero-order valence-electron chi connectivity index (χ0n) is 11.6. The van der Waals surface area contributed by atoms with Crippen molar-refractivity contribution in [3.05, 3.63) is 23.3 Å². The zero-order chi connectivity index (χ0) is 15.0. The van der Waals surface area contributed by atoms with Gasteiger partial charge in [0.25, 0.3) is 0 Å². The zero-order valence-corrected chi connectivity index (χ0v) is 12.5. The van der Waals surface area contributed by atoms with Crippen LogP contribution in [-0.4, -0.2) is 15.0 Å². The van der Waals surface area contributed by atoms with Gasteiger partial charge in [-0.1, -0.05) is 0 Å². The third kappa shape index (κ3) is 3.11. The van der Waals surface area contributed by atoms with Gasteiger partial charge < -0.3 is 4.74 Å². The number of aryl methyl sites for hydroxylation is 2. The quantitative estimate of drug-likeness (QED) is 0.899. The summed E-state index contributed by atoms with van der Waals surface area (Å²) in [5.41, 5.74) is 1.47. The van der Waals surface area contributed by atoms with Crippen LogP contribution < -0.4 is 9.88 Å². The summed E-state index contributed by atoms with van der Waals surface area (Å²) < 4.78 is 28.6. The van der Waals surface area contributed by atoms with E-state index in [1.807, 2.05) is 0 Å². The Bertz CT molecular complexity index is 647. The lowest BCUT2D eigenvalue weighted by atomic mass is 10.1. The molecule has 1 aromatic carbocycles. The molecular formula is C14H18N2O3S. The Morgan fingerprint density at radius 1 is 1.35 bits per heavy atom. The minimum Gasteiger partial charge on any atom is -0.492 e. The summed E-state index contributed by atoms with van der Waals surface area (Å²) in [6, 6.07) is 5.22. The van der Waals surface area contributed by atoms with Gasteiger partial charge in [0.05, 0.1) is 17.6 Å². The number of primary sulfonamides is 1. The van der Waals surface area contributed by atoms with Gasteiger partial charge in [0.1, 0.15) is 5.75 Å². The van der Waals surface area contributed by atoms with Gasteiger partial charge in [-0.05, 0) is 49.9 Å². The van der Waals surface area contributed by atoms with Crippen LogP contribution in [0.25, 0.3) is 0 Å². The molecule has 0 aliphatic heterocycles. The molecule has 0 amide bonds. The topological polar surface area (TPSA) is 93.2 Å². The molecule has 1 fully saturated rings. The fraction of sp³-hybridized carbons (Fsp3) is 0.500. The fourth-order valence-electron chi connectivity index (χ4n) is 2.24. The molecule has 0 heterocycles. The predicted molar refractivity (Wildman–Crippen MR) is 74.7 cm³/mol. The highest BCUT2D eigenvalue weighted by atomic mass is 32.2. The number of nitrogens with two attached hydrogens (primary N) is 1. The van der Waals surface area contributed by atoms with Crippen LogP contribution in [0.5, 0.6) is 5.75 Å². The molecule has 1 aliphatic carbocycles. The maximum absolute atomic E-state index is 11.4. The first kappa shape index (κ1) is 14.8. The molecule has 20 heavy (non-hydrogen) atoms. The molecular weight excluding hydrogens is 276 g/mol. The van der Waals surface area contributed by atoms with Crippen molar-refractivity contribution in [2.75, 3.05) is 6.61 Å². The molecule has 2 rings (SSSR count). The first-order valence-electron chi connectivity index (χ1n) is 6.41. The van der Waals surface area contributed by atoms with Crippen molar-refractivity contribution in [2.45, 2.75) is 38.0 Å². The average Bonchev–Trinajstić information content (AvgIpc) is 3.07. The lowest BCUT2D eigenvalue weighted by molar-refractivity contribution is 0.234. The van der Waals surface area contributed by atoms with Crippen LogP contribution in [0.1, 0.15) is 30.4 Å². The maximum Gasteiger partial charge on any atom is 0.238 e. The summed E-state index contributed by atoms with van der Waals surface area (Å²) in [5, 5.41) is 13.9. The van der Waals surface area contributed by atoms with E-state index in [0.29, 0.717) is 18.8 Å². The third-order valence-electron chi connectivity index (χ3n) is 3.70. The van der Waals surface area contributed by atoms with Crippen LogP contribution in [-0.2, 0) is 10.0 Å². The summed E-state index contributed by atoms with van der Waals surface area (Å²) in [5.74, 6) is 0.682. The molecule has 0 atom stereocenters. The van der Waals surface area contributed by atoms with Crippen molar-refractivity contribution in [3.63, 3.8) is 0 Å². The van der Waals surface area contributed by atoms with Crippen LogP contribution in [0.15, 0.2) is 17.0 Å². The highest BCUT2D eigenvalue weighted by Crippen LogP contribution is 2.49. The van der Waals surface area contributed by atoms with Crippen LogP contribution in [0.3, 0.4) is 0 Å². The maximum atomic E-state index is 11.4. The highest BCUT2D eigenvalue weighted by Gasteiger charge is 2.43. The number of nitrogens with zero attached hydrogens (tertiary/aromatic N) is 1. The number of ether oxygens (including phenoxy) is 1. The van der Waals surface area contributed by atoms with Gasteiger partial charge >= 0.3 is 0 Å². The van der Waals surface area contributed by atoms with Crippen molar-refractivity contribution in [1.82, 2.24) is 0 Å². The summed E-state index contributed by atoms with van der Waals surface area (Å²) >= 11 is 0. The van der Waals surface area contributed by atoms with E-state index < -0.39 is 10.0 Å². The number of hydrogen-bond acceptors (Lipinski definition) is 4. The molecule has 5 nitrogen and oxygen atoms in total. The second kappa shape index (κ2) is 5.08. The van der Waals surface area contributed by atoms with Gasteiger partial charge in [-0.3, -0.25) is 0 Å². The monoisotopic (exact) mass is 294 g/mol. The first-order chi connectivity index (χ1) is 9.27.